The molecule has 0 N–H and O–H groups in total. The lowest BCUT2D eigenvalue weighted by atomic mass is 9.78. The average molecular weight is 280 g/mol. The van der Waals surface area contributed by atoms with Crippen LogP contribution >= 0.6 is 0 Å². The normalized spacial score (nSPS) is 24.6. The number of carbonyl (C=O) groups is 1. The maximum absolute atomic E-state index is 10.8. The number of ether oxygens (including phenoxy) is 3. The van der Waals surface area contributed by atoms with Crippen LogP contribution in [0, 0.1) is 5.92 Å². The van der Waals surface area contributed by atoms with Gasteiger partial charge in [0.1, 0.15) is 6.61 Å². The minimum Gasteiger partial charge on any atom is -0.461 e. The molecule has 0 aromatic carbocycles. The Morgan fingerprint density at radius 2 is 1.95 bits per heavy atom. The van der Waals surface area contributed by atoms with E-state index in [9.17, 15) is 4.79 Å². The maximum atomic E-state index is 10.8. The maximum Gasteiger partial charge on any atom is 0.302 e. The molecule has 1 atom stereocenters. The van der Waals surface area contributed by atoms with Crippen molar-refractivity contribution in [2.24, 2.45) is 5.92 Å². The summed E-state index contributed by atoms with van der Waals surface area (Å²) >= 11 is 0. The van der Waals surface area contributed by atoms with Gasteiger partial charge in [0, 0.05) is 19.3 Å². The molecular formula is C16H24O4. The second-order valence-corrected chi connectivity index (χ2v) is 5.64. The van der Waals surface area contributed by atoms with E-state index in [0.29, 0.717) is 19.1 Å². The lowest BCUT2D eigenvalue weighted by Gasteiger charge is -2.39. The molecule has 1 unspecified atom stereocenters. The Hall–Kier alpha value is -1.13. The lowest BCUT2D eigenvalue weighted by molar-refractivity contribution is -0.211. The first kappa shape index (κ1) is 15.3. The number of rotatable bonds is 5. The lowest BCUT2D eigenvalue weighted by Crippen LogP contribution is -2.42. The van der Waals surface area contributed by atoms with Crippen molar-refractivity contribution in [3.63, 3.8) is 0 Å². The molecule has 1 aliphatic heterocycles. The summed E-state index contributed by atoms with van der Waals surface area (Å²) in [7, 11) is 0. The second-order valence-electron chi connectivity index (χ2n) is 5.64. The van der Waals surface area contributed by atoms with E-state index >= 15 is 0 Å². The molecular weight excluding hydrogens is 256 g/mol. The molecule has 4 nitrogen and oxygen atoms in total. The molecule has 0 amide bonds. The summed E-state index contributed by atoms with van der Waals surface area (Å²) in [5, 5.41) is 0. The van der Waals surface area contributed by atoms with Gasteiger partial charge in [-0.1, -0.05) is 19.6 Å². The highest BCUT2D eigenvalue weighted by atomic mass is 16.7. The molecule has 1 spiro atoms. The highest BCUT2D eigenvalue weighted by Crippen LogP contribution is 2.43. The first-order valence-electron chi connectivity index (χ1n) is 7.31. The van der Waals surface area contributed by atoms with Gasteiger partial charge >= 0.3 is 5.97 Å². The van der Waals surface area contributed by atoms with Gasteiger partial charge in [0.2, 0.25) is 0 Å². The van der Waals surface area contributed by atoms with Gasteiger partial charge in [0.15, 0.2) is 5.79 Å². The quantitative estimate of drug-likeness (QED) is 0.573. The summed E-state index contributed by atoms with van der Waals surface area (Å²) in [5.74, 6) is -0.390. The fourth-order valence-corrected chi connectivity index (χ4v) is 3.03. The summed E-state index contributed by atoms with van der Waals surface area (Å²) in [5.41, 5.74) is 1.70. The van der Waals surface area contributed by atoms with E-state index in [-0.39, 0.29) is 12.6 Å². The van der Waals surface area contributed by atoms with Crippen molar-refractivity contribution in [2.75, 3.05) is 19.8 Å². The van der Waals surface area contributed by atoms with Crippen molar-refractivity contribution in [1.29, 1.82) is 0 Å². The summed E-state index contributed by atoms with van der Waals surface area (Å²) in [6, 6.07) is 0. The standard InChI is InChI=1S/C16H24O4/c1-12(13(2)11-18-14(3)17)10-15-6-4-5-7-16(15)19-8-9-20-16/h15H,1-2,4-11H2,3H3. The number of esters is 1. The van der Waals surface area contributed by atoms with Crippen LogP contribution in [0.3, 0.4) is 0 Å². The highest BCUT2D eigenvalue weighted by Gasteiger charge is 2.45. The Labute approximate surface area is 120 Å². The molecule has 2 fully saturated rings. The van der Waals surface area contributed by atoms with Crippen LogP contribution in [0.5, 0.6) is 0 Å². The van der Waals surface area contributed by atoms with E-state index in [0.717, 1.165) is 36.8 Å². The van der Waals surface area contributed by atoms with Gasteiger partial charge in [-0.3, -0.25) is 4.79 Å². The third-order valence-corrected chi connectivity index (χ3v) is 4.17. The predicted molar refractivity (Wildman–Crippen MR) is 76.1 cm³/mol. The van der Waals surface area contributed by atoms with Gasteiger partial charge in [-0.05, 0) is 30.4 Å². The Morgan fingerprint density at radius 1 is 1.25 bits per heavy atom. The van der Waals surface area contributed by atoms with Crippen molar-refractivity contribution < 1.29 is 19.0 Å². The minimum atomic E-state index is -0.414. The smallest absolute Gasteiger partial charge is 0.302 e. The molecule has 1 saturated heterocycles. The van der Waals surface area contributed by atoms with Gasteiger partial charge in [-0.2, -0.15) is 0 Å². The summed E-state index contributed by atoms with van der Waals surface area (Å²) < 4.78 is 16.8. The third-order valence-electron chi connectivity index (χ3n) is 4.17. The monoisotopic (exact) mass is 280 g/mol. The largest absolute Gasteiger partial charge is 0.461 e. The van der Waals surface area contributed by atoms with Gasteiger partial charge < -0.3 is 14.2 Å². The Balaban J connectivity index is 1.91. The van der Waals surface area contributed by atoms with Crippen molar-refractivity contribution >= 4 is 5.97 Å². The predicted octanol–water partition coefficient (Wildman–Crippen LogP) is 2.99. The first-order valence-corrected chi connectivity index (χ1v) is 7.31. The fraction of sp³-hybridized carbons (Fsp3) is 0.688. The van der Waals surface area contributed by atoms with E-state index in [4.69, 9.17) is 14.2 Å². The van der Waals surface area contributed by atoms with Gasteiger partial charge in [-0.25, -0.2) is 0 Å². The van der Waals surface area contributed by atoms with Crippen LogP contribution in [0.1, 0.15) is 39.0 Å². The summed E-state index contributed by atoms with van der Waals surface area (Å²) in [6.07, 6.45) is 5.18. The van der Waals surface area contributed by atoms with Crippen molar-refractivity contribution in [3.05, 3.63) is 24.3 Å². The molecule has 0 radical (unpaired) electrons. The average Bonchev–Trinajstić information content (AvgIpc) is 2.88. The number of hydrogen-bond donors (Lipinski definition) is 0. The van der Waals surface area contributed by atoms with Gasteiger partial charge in [-0.15, -0.1) is 0 Å². The third kappa shape index (κ3) is 3.49. The van der Waals surface area contributed by atoms with Gasteiger partial charge in [0.05, 0.1) is 13.2 Å². The molecule has 20 heavy (non-hydrogen) atoms. The van der Waals surface area contributed by atoms with Crippen LogP contribution in [-0.4, -0.2) is 31.6 Å². The fourth-order valence-electron chi connectivity index (χ4n) is 3.03. The van der Waals surface area contributed by atoms with Crippen LogP contribution in [-0.2, 0) is 19.0 Å². The molecule has 1 heterocycles. The molecule has 1 aliphatic carbocycles. The Bertz CT molecular complexity index is 393. The number of hydrogen-bond acceptors (Lipinski definition) is 4. The van der Waals surface area contributed by atoms with Crippen LogP contribution in [0.2, 0.25) is 0 Å². The van der Waals surface area contributed by atoms with E-state index in [1.807, 2.05) is 0 Å². The second kappa shape index (κ2) is 6.55. The molecule has 0 aromatic heterocycles. The zero-order valence-electron chi connectivity index (χ0n) is 12.3. The molecule has 0 bridgehead atoms. The van der Waals surface area contributed by atoms with E-state index in [2.05, 4.69) is 13.2 Å². The van der Waals surface area contributed by atoms with Crippen LogP contribution in [0.25, 0.3) is 0 Å². The molecule has 4 heteroatoms. The Kier molecular flexibility index (Phi) is 5.00. The van der Waals surface area contributed by atoms with Crippen molar-refractivity contribution in [3.8, 4) is 0 Å². The van der Waals surface area contributed by atoms with E-state index in [1.165, 1.54) is 13.3 Å². The molecule has 1 saturated carbocycles. The van der Waals surface area contributed by atoms with Crippen LogP contribution in [0.4, 0.5) is 0 Å². The Morgan fingerprint density at radius 3 is 2.60 bits per heavy atom. The summed E-state index contributed by atoms with van der Waals surface area (Å²) in [4.78, 5) is 10.8. The van der Waals surface area contributed by atoms with E-state index < -0.39 is 5.79 Å². The zero-order chi connectivity index (χ0) is 14.6. The van der Waals surface area contributed by atoms with Crippen LogP contribution in [0.15, 0.2) is 24.3 Å². The molecule has 2 aliphatic rings. The molecule has 112 valence electrons. The zero-order valence-corrected chi connectivity index (χ0v) is 12.3. The molecule has 0 aromatic rings. The van der Waals surface area contributed by atoms with Crippen LogP contribution < -0.4 is 0 Å². The van der Waals surface area contributed by atoms with Gasteiger partial charge in [0.25, 0.3) is 0 Å². The topological polar surface area (TPSA) is 44.8 Å². The minimum absolute atomic E-state index is 0.218. The highest BCUT2D eigenvalue weighted by molar-refractivity contribution is 5.66. The number of carbonyl (C=O) groups excluding carboxylic acids is 1. The van der Waals surface area contributed by atoms with E-state index in [1.54, 1.807) is 0 Å². The van der Waals surface area contributed by atoms with Crippen molar-refractivity contribution in [2.45, 2.75) is 44.8 Å². The summed E-state index contributed by atoms with van der Waals surface area (Å²) in [6.45, 7) is 11.0. The molecule has 2 rings (SSSR count). The SMILES string of the molecule is C=C(COC(C)=O)C(=C)CC1CCCCC12OCCO2. The van der Waals surface area contributed by atoms with Crippen molar-refractivity contribution in [1.82, 2.24) is 0 Å². The first-order chi connectivity index (χ1) is 9.53.